The highest BCUT2D eigenvalue weighted by Gasteiger charge is 2.30. The normalized spacial score (nSPS) is 12.2. The number of rotatable bonds is 11. The molecule has 10 heteroatoms. The molecule has 2 aromatic carbocycles. The van der Waals surface area contributed by atoms with Gasteiger partial charge < -0.3 is 10.2 Å². The zero-order valence-corrected chi connectivity index (χ0v) is 20.5. The predicted molar refractivity (Wildman–Crippen MR) is 128 cm³/mol. The second kappa shape index (κ2) is 12.0. The summed E-state index contributed by atoms with van der Waals surface area (Å²) in [4.78, 5) is 27.3. The van der Waals surface area contributed by atoms with Gasteiger partial charge >= 0.3 is 0 Å². The van der Waals surface area contributed by atoms with E-state index in [9.17, 15) is 22.4 Å². The van der Waals surface area contributed by atoms with E-state index in [1.165, 1.54) is 53.4 Å². The van der Waals surface area contributed by atoms with Crippen molar-refractivity contribution in [3.05, 3.63) is 64.9 Å². The largest absolute Gasteiger partial charge is 0.354 e. The van der Waals surface area contributed by atoms with Crippen LogP contribution in [0.1, 0.15) is 32.3 Å². The zero-order chi connectivity index (χ0) is 24.6. The molecule has 0 bridgehead atoms. The molecule has 2 amide bonds. The highest BCUT2D eigenvalue weighted by Crippen LogP contribution is 2.21. The van der Waals surface area contributed by atoms with E-state index in [-0.39, 0.29) is 18.1 Å². The smallest absolute Gasteiger partial charge is 0.244 e. The van der Waals surface area contributed by atoms with Crippen LogP contribution in [-0.2, 0) is 26.2 Å². The van der Waals surface area contributed by atoms with Crippen LogP contribution in [0.5, 0.6) is 0 Å². The van der Waals surface area contributed by atoms with E-state index in [1.54, 1.807) is 6.92 Å². The summed E-state index contributed by atoms with van der Waals surface area (Å²) in [6.07, 6.45) is 2.69. The lowest BCUT2D eigenvalue weighted by Gasteiger charge is -2.31. The Morgan fingerprint density at radius 2 is 1.70 bits per heavy atom. The molecule has 0 spiro atoms. The first-order valence-corrected chi connectivity index (χ1v) is 12.8. The number of hydrogen-bond acceptors (Lipinski definition) is 4. The number of benzene rings is 2. The number of hydrogen-bond donors (Lipinski definition) is 1. The summed E-state index contributed by atoms with van der Waals surface area (Å²) in [5.41, 5.74) is 0.882. The molecule has 2 rings (SSSR count). The number of unbranched alkanes of at least 4 members (excludes halogenated alkanes) is 1. The summed E-state index contributed by atoms with van der Waals surface area (Å²) in [7, 11) is -3.81. The second-order valence-corrected chi connectivity index (χ2v) is 10.1. The van der Waals surface area contributed by atoms with Gasteiger partial charge in [-0.15, -0.1) is 0 Å². The Morgan fingerprint density at radius 1 is 1.09 bits per heavy atom. The summed E-state index contributed by atoms with van der Waals surface area (Å²) >= 11 is 5.90. The minimum absolute atomic E-state index is 0.0136. The summed E-state index contributed by atoms with van der Waals surface area (Å²) in [5, 5.41) is 3.22. The molecule has 0 heterocycles. The van der Waals surface area contributed by atoms with Crippen molar-refractivity contribution in [3.8, 4) is 0 Å². The SMILES string of the molecule is CCCCNC(=O)C(C)N(Cc1ccc(F)cc1)C(=O)CN(c1ccc(Cl)cc1)S(C)(=O)=O. The number of sulfonamides is 1. The lowest BCUT2D eigenvalue weighted by atomic mass is 10.1. The molecule has 2 aromatic rings. The first kappa shape index (κ1) is 26.6. The van der Waals surface area contributed by atoms with Gasteiger partial charge in [0, 0.05) is 18.1 Å². The van der Waals surface area contributed by atoms with Gasteiger partial charge in [-0.25, -0.2) is 12.8 Å². The van der Waals surface area contributed by atoms with Crippen molar-refractivity contribution in [1.82, 2.24) is 10.2 Å². The molecule has 0 aliphatic rings. The van der Waals surface area contributed by atoms with Crippen LogP contribution in [0.15, 0.2) is 48.5 Å². The van der Waals surface area contributed by atoms with Crippen molar-refractivity contribution >= 4 is 39.1 Å². The Morgan fingerprint density at radius 3 is 2.24 bits per heavy atom. The van der Waals surface area contributed by atoms with E-state index in [2.05, 4.69) is 5.32 Å². The molecular weight excluding hydrogens is 469 g/mol. The number of nitrogens with zero attached hydrogens (tertiary/aromatic N) is 2. The fraction of sp³-hybridized carbons (Fsp3) is 0.391. The highest BCUT2D eigenvalue weighted by atomic mass is 35.5. The van der Waals surface area contributed by atoms with E-state index in [1.807, 2.05) is 6.92 Å². The van der Waals surface area contributed by atoms with Gasteiger partial charge in [-0.3, -0.25) is 13.9 Å². The third-order valence-electron chi connectivity index (χ3n) is 5.06. The predicted octanol–water partition coefficient (Wildman–Crippen LogP) is 3.58. The van der Waals surface area contributed by atoms with Crippen molar-refractivity contribution in [3.63, 3.8) is 0 Å². The van der Waals surface area contributed by atoms with E-state index in [0.717, 1.165) is 23.4 Å². The van der Waals surface area contributed by atoms with Gasteiger partial charge in [0.25, 0.3) is 0 Å². The molecule has 0 aliphatic heterocycles. The lowest BCUT2D eigenvalue weighted by Crippen LogP contribution is -2.51. The Bertz CT molecular complexity index is 1050. The second-order valence-electron chi connectivity index (χ2n) is 7.71. The molecule has 1 N–H and O–H groups in total. The third-order valence-corrected chi connectivity index (χ3v) is 6.45. The van der Waals surface area contributed by atoms with Gasteiger partial charge in [-0.05, 0) is 55.3 Å². The Balaban J connectivity index is 2.32. The number of amides is 2. The molecule has 0 saturated heterocycles. The first-order valence-electron chi connectivity index (χ1n) is 10.6. The highest BCUT2D eigenvalue weighted by molar-refractivity contribution is 7.92. The molecule has 180 valence electrons. The van der Waals surface area contributed by atoms with Gasteiger partial charge in [0.2, 0.25) is 21.8 Å². The minimum Gasteiger partial charge on any atom is -0.354 e. The Labute approximate surface area is 199 Å². The quantitative estimate of drug-likeness (QED) is 0.481. The topological polar surface area (TPSA) is 86.8 Å². The number of nitrogens with one attached hydrogen (secondary N) is 1. The van der Waals surface area contributed by atoms with Crippen LogP contribution in [0, 0.1) is 5.82 Å². The van der Waals surface area contributed by atoms with Crippen molar-refractivity contribution < 1.29 is 22.4 Å². The summed E-state index contributed by atoms with van der Waals surface area (Å²) < 4.78 is 39.2. The Hall–Kier alpha value is -2.65. The van der Waals surface area contributed by atoms with Gasteiger partial charge in [-0.1, -0.05) is 37.1 Å². The molecule has 0 saturated carbocycles. The van der Waals surface area contributed by atoms with Crippen LogP contribution in [0.25, 0.3) is 0 Å². The summed E-state index contributed by atoms with van der Waals surface area (Å²) in [6.45, 7) is 3.55. The van der Waals surface area contributed by atoms with Crippen LogP contribution >= 0.6 is 11.6 Å². The van der Waals surface area contributed by atoms with Crippen molar-refractivity contribution in [1.29, 1.82) is 0 Å². The van der Waals surface area contributed by atoms with E-state index in [4.69, 9.17) is 11.6 Å². The fourth-order valence-electron chi connectivity index (χ4n) is 3.13. The average Bonchev–Trinajstić information content (AvgIpc) is 2.76. The van der Waals surface area contributed by atoms with Crippen molar-refractivity contribution in [2.75, 3.05) is 23.7 Å². The lowest BCUT2D eigenvalue weighted by molar-refractivity contribution is -0.139. The van der Waals surface area contributed by atoms with Crippen LogP contribution in [0.2, 0.25) is 5.02 Å². The van der Waals surface area contributed by atoms with Crippen LogP contribution in [-0.4, -0.2) is 50.5 Å². The maximum atomic E-state index is 13.3. The standard InChI is InChI=1S/C23H29ClFN3O4S/c1-4-5-14-26-23(30)17(2)27(15-18-6-10-20(25)11-7-18)22(29)16-28(33(3,31)32)21-12-8-19(24)9-13-21/h6-13,17H,4-5,14-16H2,1-3H3,(H,26,30). The molecule has 7 nitrogen and oxygen atoms in total. The van der Waals surface area contributed by atoms with E-state index in [0.29, 0.717) is 17.1 Å². The van der Waals surface area contributed by atoms with E-state index >= 15 is 0 Å². The maximum Gasteiger partial charge on any atom is 0.244 e. The molecular formula is C23H29ClFN3O4S. The first-order chi connectivity index (χ1) is 15.5. The summed E-state index contributed by atoms with van der Waals surface area (Å²) in [6, 6.07) is 10.8. The van der Waals surface area contributed by atoms with Gasteiger partial charge in [0.1, 0.15) is 18.4 Å². The fourth-order valence-corrected chi connectivity index (χ4v) is 4.10. The number of carbonyl (C=O) groups is 2. The number of halogens is 2. The van der Waals surface area contributed by atoms with E-state index < -0.39 is 34.3 Å². The third kappa shape index (κ3) is 8.01. The molecule has 0 fully saturated rings. The van der Waals surface area contributed by atoms with Gasteiger partial charge in [-0.2, -0.15) is 0 Å². The molecule has 1 atom stereocenters. The van der Waals surface area contributed by atoms with Gasteiger partial charge in [0.15, 0.2) is 0 Å². The number of anilines is 1. The average molecular weight is 498 g/mol. The molecule has 0 radical (unpaired) electrons. The molecule has 0 aromatic heterocycles. The number of carbonyl (C=O) groups excluding carboxylic acids is 2. The monoisotopic (exact) mass is 497 g/mol. The zero-order valence-electron chi connectivity index (χ0n) is 18.9. The molecule has 33 heavy (non-hydrogen) atoms. The van der Waals surface area contributed by atoms with Crippen LogP contribution in [0.4, 0.5) is 10.1 Å². The summed E-state index contributed by atoms with van der Waals surface area (Å²) in [5.74, 6) is -1.35. The van der Waals surface area contributed by atoms with Crippen LogP contribution in [0.3, 0.4) is 0 Å². The molecule has 1 unspecified atom stereocenters. The Kier molecular flexibility index (Phi) is 9.67. The van der Waals surface area contributed by atoms with Crippen molar-refractivity contribution in [2.24, 2.45) is 0 Å². The minimum atomic E-state index is -3.81. The van der Waals surface area contributed by atoms with Gasteiger partial charge in [0.05, 0.1) is 11.9 Å². The maximum absolute atomic E-state index is 13.3. The molecule has 0 aliphatic carbocycles. The van der Waals surface area contributed by atoms with Crippen molar-refractivity contribution in [2.45, 2.75) is 39.3 Å². The van der Waals surface area contributed by atoms with Crippen LogP contribution < -0.4 is 9.62 Å².